The number of nitrogens with zero attached hydrogens (tertiary/aromatic N) is 1. The minimum Gasteiger partial charge on any atom is -0.243 e. The number of hydrogen-bond donors (Lipinski definition) is 1. The van der Waals surface area contributed by atoms with E-state index in [0.29, 0.717) is 11.1 Å². The summed E-state index contributed by atoms with van der Waals surface area (Å²) in [5, 5.41) is 5.01. The number of aromatic nitrogens is 1. The fourth-order valence-corrected chi connectivity index (χ4v) is 2.40. The van der Waals surface area contributed by atoms with Gasteiger partial charge in [-0.3, -0.25) is 0 Å². The summed E-state index contributed by atoms with van der Waals surface area (Å²) in [4.78, 5) is 3.82. The highest BCUT2D eigenvalue weighted by Crippen LogP contribution is 2.20. The Balaban J connectivity index is 2.83. The second-order valence-electron chi connectivity index (χ2n) is 4.32. The molecule has 1 heterocycles. The fraction of sp³-hybridized carbons (Fsp3) is 0.357. The summed E-state index contributed by atoms with van der Waals surface area (Å²) in [5.74, 6) is 0. The first-order chi connectivity index (χ1) is 8.96. The lowest BCUT2D eigenvalue weighted by molar-refractivity contribution is 0.594. The Bertz CT molecular complexity index is 563. The molecule has 2 N–H and O–H groups in total. The quantitative estimate of drug-likeness (QED) is 0.616. The number of pyridine rings is 1. The van der Waals surface area contributed by atoms with Crippen LogP contribution < -0.4 is 5.14 Å². The predicted molar refractivity (Wildman–Crippen MR) is 77.9 cm³/mol. The summed E-state index contributed by atoms with van der Waals surface area (Å²) in [6.45, 7) is 6.02. The van der Waals surface area contributed by atoms with Crippen LogP contribution in [0.2, 0.25) is 0 Å². The molecule has 4 nitrogen and oxygen atoms in total. The van der Waals surface area contributed by atoms with Gasteiger partial charge in [0.2, 0.25) is 0 Å². The van der Waals surface area contributed by atoms with E-state index in [-0.39, 0.29) is 5.03 Å². The van der Waals surface area contributed by atoms with Crippen molar-refractivity contribution in [3.63, 3.8) is 0 Å². The van der Waals surface area contributed by atoms with Crippen molar-refractivity contribution in [2.45, 2.75) is 37.6 Å². The second-order valence-corrected chi connectivity index (χ2v) is 5.80. The number of allylic oxidation sites excluding steroid dienone is 3. The first-order valence-electron chi connectivity index (χ1n) is 6.30. The van der Waals surface area contributed by atoms with E-state index in [2.05, 4.69) is 18.5 Å². The van der Waals surface area contributed by atoms with Crippen molar-refractivity contribution in [1.29, 1.82) is 0 Å². The molecular formula is C14H20N2O2S. The van der Waals surface area contributed by atoms with Crippen LogP contribution in [-0.2, 0) is 10.0 Å². The summed E-state index contributed by atoms with van der Waals surface area (Å²) in [5.41, 5.74) is 1.06. The molecule has 0 fully saturated rings. The molecular weight excluding hydrogens is 260 g/mol. The van der Waals surface area contributed by atoms with Gasteiger partial charge in [0, 0.05) is 11.8 Å². The Kier molecular flexibility index (Phi) is 5.92. The van der Waals surface area contributed by atoms with Crippen LogP contribution >= 0.6 is 0 Å². The summed E-state index contributed by atoms with van der Waals surface area (Å²) in [7, 11) is -3.82. The van der Waals surface area contributed by atoms with Gasteiger partial charge in [-0.1, -0.05) is 38.5 Å². The molecule has 0 aliphatic heterocycles. The third-order valence-electron chi connectivity index (χ3n) is 2.68. The molecule has 1 aromatic rings. The summed E-state index contributed by atoms with van der Waals surface area (Å²) in [6, 6.07) is 3.32. The Morgan fingerprint density at radius 3 is 2.84 bits per heavy atom. The average Bonchev–Trinajstić information content (AvgIpc) is 2.37. The van der Waals surface area contributed by atoms with Crippen molar-refractivity contribution >= 4 is 15.6 Å². The van der Waals surface area contributed by atoms with E-state index in [9.17, 15) is 8.42 Å². The Morgan fingerprint density at radius 1 is 1.47 bits per heavy atom. The largest absolute Gasteiger partial charge is 0.256 e. The number of primary sulfonamides is 1. The monoisotopic (exact) mass is 280 g/mol. The fourth-order valence-electron chi connectivity index (χ4n) is 1.69. The molecule has 0 atom stereocenters. The van der Waals surface area contributed by atoms with Gasteiger partial charge >= 0.3 is 0 Å². The Hall–Kier alpha value is -1.46. The molecule has 0 amide bonds. The maximum Gasteiger partial charge on any atom is 0.256 e. The SMILES string of the molecule is C=C(C=CCCCCC)c1cccnc1S(N)(=O)=O. The van der Waals surface area contributed by atoms with Gasteiger partial charge in [-0.15, -0.1) is 0 Å². The molecule has 0 unspecified atom stereocenters. The van der Waals surface area contributed by atoms with Crippen molar-refractivity contribution in [3.05, 3.63) is 42.6 Å². The normalized spacial score (nSPS) is 11.9. The standard InChI is InChI=1S/C14H20N2O2S/c1-3-4-5-6-7-9-12(2)13-10-8-11-16-14(13)19(15,17)18/h7-11H,2-6H2,1H3,(H2,15,17,18). The minimum absolute atomic E-state index is 0.127. The predicted octanol–water partition coefficient (Wildman–Crippen LogP) is 2.88. The topological polar surface area (TPSA) is 73.0 Å². The van der Waals surface area contributed by atoms with E-state index in [0.717, 1.165) is 12.8 Å². The van der Waals surface area contributed by atoms with Gasteiger partial charge in [0.15, 0.2) is 5.03 Å². The van der Waals surface area contributed by atoms with Gasteiger partial charge in [0.25, 0.3) is 10.0 Å². The number of rotatable bonds is 7. The van der Waals surface area contributed by atoms with E-state index < -0.39 is 10.0 Å². The van der Waals surface area contributed by atoms with E-state index >= 15 is 0 Å². The lowest BCUT2D eigenvalue weighted by atomic mass is 10.1. The summed E-state index contributed by atoms with van der Waals surface area (Å²) in [6.07, 6.45) is 9.66. The molecule has 0 radical (unpaired) electrons. The smallest absolute Gasteiger partial charge is 0.243 e. The highest BCUT2D eigenvalue weighted by Gasteiger charge is 2.15. The highest BCUT2D eigenvalue weighted by molar-refractivity contribution is 7.89. The summed E-state index contributed by atoms with van der Waals surface area (Å²) >= 11 is 0. The first kappa shape index (κ1) is 15.6. The molecule has 0 spiro atoms. The zero-order valence-corrected chi connectivity index (χ0v) is 12.0. The first-order valence-corrected chi connectivity index (χ1v) is 7.85. The number of hydrogen-bond acceptors (Lipinski definition) is 3. The van der Waals surface area contributed by atoms with Gasteiger partial charge in [-0.05, 0) is 30.5 Å². The number of sulfonamides is 1. The van der Waals surface area contributed by atoms with Crippen molar-refractivity contribution in [1.82, 2.24) is 4.98 Å². The molecule has 1 rings (SSSR count). The third kappa shape index (κ3) is 4.96. The molecule has 0 bridgehead atoms. The molecule has 104 valence electrons. The van der Waals surface area contributed by atoms with Crippen LogP contribution in [0.4, 0.5) is 0 Å². The molecule has 0 saturated carbocycles. The maximum atomic E-state index is 11.4. The molecule has 0 aliphatic rings. The average molecular weight is 280 g/mol. The number of unbranched alkanes of at least 4 members (excludes halogenated alkanes) is 3. The van der Waals surface area contributed by atoms with Crippen molar-refractivity contribution in [3.8, 4) is 0 Å². The van der Waals surface area contributed by atoms with E-state index in [1.165, 1.54) is 19.0 Å². The molecule has 1 aromatic heterocycles. The highest BCUT2D eigenvalue weighted by atomic mass is 32.2. The summed E-state index contributed by atoms with van der Waals surface area (Å²) < 4.78 is 22.8. The van der Waals surface area contributed by atoms with Crippen LogP contribution in [0.5, 0.6) is 0 Å². The van der Waals surface area contributed by atoms with Crippen molar-refractivity contribution in [2.75, 3.05) is 0 Å². The molecule has 0 saturated heterocycles. The van der Waals surface area contributed by atoms with Gasteiger partial charge in [-0.2, -0.15) is 0 Å². The van der Waals surface area contributed by atoms with Crippen LogP contribution in [0.1, 0.15) is 38.2 Å². The van der Waals surface area contributed by atoms with Crippen LogP contribution in [0.15, 0.2) is 42.1 Å². The van der Waals surface area contributed by atoms with Crippen LogP contribution in [-0.4, -0.2) is 13.4 Å². The number of nitrogens with two attached hydrogens (primary N) is 1. The van der Waals surface area contributed by atoms with E-state index in [4.69, 9.17) is 5.14 Å². The van der Waals surface area contributed by atoms with Crippen molar-refractivity contribution in [2.24, 2.45) is 5.14 Å². The zero-order chi connectivity index (χ0) is 14.3. The molecule has 0 aliphatic carbocycles. The Morgan fingerprint density at radius 2 is 2.21 bits per heavy atom. The van der Waals surface area contributed by atoms with Crippen LogP contribution in [0.3, 0.4) is 0 Å². The third-order valence-corrected chi connectivity index (χ3v) is 3.54. The molecule has 19 heavy (non-hydrogen) atoms. The lowest BCUT2D eigenvalue weighted by Crippen LogP contribution is -2.15. The minimum atomic E-state index is -3.82. The van der Waals surface area contributed by atoms with Gasteiger partial charge in [0.1, 0.15) is 0 Å². The van der Waals surface area contributed by atoms with Gasteiger partial charge < -0.3 is 0 Å². The maximum absolute atomic E-state index is 11.4. The van der Waals surface area contributed by atoms with Crippen LogP contribution in [0.25, 0.3) is 5.57 Å². The Labute approximate surface area is 115 Å². The second kappa shape index (κ2) is 7.21. The lowest BCUT2D eigenvalue weighted by Gasteiger charge is -2.06. The molecule has 5 heteroatoms. The van der Waals surface area contributed by atoms with Gasteiger partial charge in [0.05, 0.1) is 0 Å². The zero-order valence-electron chi connectivity index (χ0n) is 11.2. The van der Waals surface area contributed by atoms with E-state index in [1.54, 1.807) is 12.1 Å². The molecule has 0 aromatic carbocycles. The van der Waals surface area contributed by atoms with Crippen LogP contribution in [0, 0.1) is 0 Å². The van der Waals surface area contributed by atoms with E-state index in [1.807, 2.05) is 12.2 Å². The van der Waals surface area contributed by atoms with Gasteiger partial charge in [-0.25, -0.2) is 18.5 Å². The van der Waals surface area contributed by atoms with Crippen molar-refractivity contribution < 1.29 is 8.42 Å².